The van der Waals surface area contributed by atoms with Gasteiger partial charge < -0.3 is 15.0 Å². The molecule has 0 heterocycles. The van der Waals surface area contributed by atoms with Gasteiger partial charge in [0, 0.05) is 12.7 Å². The van der Waals surface area contributed by atoms with E-state index < -0.39 is 23.8 Å². The van der Waals surface area contributed by atoms with Crippen LogP contribution >= 0.6 is 0 Å². The minimum Gasteiger partial charge on any atom is -0.449 e. The second kappa shape index (κ2) is 9.12. The number of carbonyl (C=O) groups excluding carboxylic acids is 3. The summed E-state index contributed by atoms with van der Waals surface area (Å²) >= 11 is 0. The van der Waals surface area contributed by atoms with Crippen LogP contribution in [-0.2, 0) is 14.3 Å². The molecule has 2 amide bonds. The van der Waals surface area contributed by atoms with Crippen LogP contribution in [0.5, 0.6) is 0 Å². The molecular formula is C21H23FN2O4. The number of halogens is 1. The van der Waals surface area contributed by atoms with Gasteiger partial charge in [0.15, 0.2) is 6.10 Å². The van der Waals surface area contributed by atoms with Crippen molar-refractivity contribution < 1.29 is 23.5 Å². The van der Waals surface area contributed by atoms with E-state index in [9.17, 15) is 18.8 Å². The molecule has 0 saturated heterocycles. The molecule has 0 aliphatic heterocycles. The summed E-state index contributed by atoms with van der Waals surface area (Å²) in [5.41, 5.74) is 2.11. The highest BCUT2D eigenvalue weighted by Crippen LogP contribution is 2.12. The number of hydrogen-bond acceptors (Lipinski definition) is 4. The monoisotopic (exact) mass is 386 g/mol. The Balaban J connectivity index is 1.90. The molecule has 2 aromatic rings. The van der Waals surface area contributed by atoms with Gasteiger partial charge in [-0.3, -0.25) is 9.59 Å². The van der Waals surface area contributed by atoms with Crippen LogP contribution in [0.15, 0.2) is 42.5 Å². The van der Waals surface area contributed by atoms with E-state index in [4.69, 9.17) is 4.74 Å². The summed E-state index contributed by atoms with van der Waals surface area (Å²) < 4.78 is 18.7. The van der Waals surface area contributed by atoms with Crippen molar-refractivity contribution >= 4 is 23.5 Å². The molecule has 0 aromatic heterocycles. The van der Waals surface area contributed by atoms with Crippen LogP contribution in [-0.4, -0.2) is 42.4 Å². The molecule has 1 N–H and O–H groups in total. The summed E-state index contributed by atoms with van der Waals surface area (Å²) in [7, 11) is 1.44. The summed E-state index contributed by atoms with van der Waals surface area (Å²) in [6, 6.07) is 11.2. The van der Waals surface area contributed by atoms with E-state index in [1.165, 1.54) is 26.1 Å². The molecule has 2 aromatic carbocycles. The number of aryl methyl sites for hydroxylation is 2. The molecule has 0 saturated carbocycles. The Labute approximate surface area is 163 Å². The first kappa shape index (κ1) is 21.1. The maximum absolute atomic E-state index is 13.6. The van der Waals surface area contributed by atoms with Gasteiger partial charge in [-0.15, -0.1) is 0 Å². The molecule has 7 heteroatoms. The highest BCUT2D eigenvalue weighted by Gasteiger charge is 2.24. The highest BCUT2D eigenvalue weighted by molar-refractivity contribution is 5.96. The van der Waals surface area contributed by atoms with Crippen molar-refractivity contribution in [3.05, 3.63) is 65.0 Å². The topological polar surface area (TPSA) is 75.7 Å². The number of nitrogens with one attached hydrogen (secondary N) is 1. The second-order valence-corrected chi connectivity index (χ2v) is 6.62. The lowest BCUT2D eigenvalue weighted by Crippen LogP contribution is -2.41. The van der Waals surface area contributed by atoms with Gasteiger partial charge in [-0.1, -0.05) is 23.8 Å². The van der Waals surface area contributed by atoms with Gasteiger partial charge >= 0.3 is 5.97 Å². The van der Waals surface area contributed by atoms with Gasteiger partial charge in [-0.2, -0.15) is 0 Å². The second-order valence-electron chi connectivity index (χ2n) is 6.62. The molecule has 28 heavy (non-hydrogen) atoms. The number of benzene rings is 2. The first-order valence-electron chi connectivity index (χ1n) is 8.76. The molecule has 0 aliphatic rings. The first-order valence-corrected chi connectivity index (χ1v) is 8.76. The Hall–Kier alpha value is -3.22. The average Bonchev–Trinajstić information content (AvgIpc) is 2.64. The Kier molecular flexibility index (Phi) is 6.87. The minimum absolute atomic E-state index is 0.0162. The molecular weight excluding hydrogens is 363 g/mol. The number of ether oxygens (including phenoxy) is 1. The van der Waals surface area contributed by atoms with Crippen molar-refractivity contribution in [2.75, 3.05) is 18.9 Å². The maximum atomic E-state index is 13.6. The van der Waals surface area contributed by atoms with Crippen molar-refractivity contribution in [2.45, 2.75) is 26.9 Å². The summed E-state index contributed by atoms with van der Waals surface area (Å²) in [4.78, 5) is 37.7. The summed E-state index contributed by atoms with van der Waals surface area (Å²) in [6.45, 7) is 4.71. The summed E-state index contributed by atoms with van der Waals surface area (Å²) in [5.74, 6) is -2.26. The quantitative estimate of drug-likeness (QED) is 0.774. The maximum Gasteiger partial charge on any atom is 0.339 e. The van der Waals surface area contributed by atoms with Crippen LogP contribution < -0.4 is 5.32 Å². The van der Waals surface area contributed by atoms with Crippen molar-refractivity contribution in [3.8, 4) is 0 Å². The predicted octanol–water partition coefficient (Wildman–Crippen LogP) is 3.08. The van der Waals surface area contributed by atoms with E-state index in [0.29, 0.717) is 11.3 Å². The van der Waals surface area contributed by atoms with E-state index >= 15 is 0 Å². The number of hydrogen-bond donors (Lipinski definition) is 1. The van der Waals surface area contributed by atoms with Gasteiger partial charge in [0.25, 0.3) is 5.91 Å². The number of nitrogens with zero attached hydrogens (tertiary/aromatic N) is 1. The lowest BCUT2D eigenvalue weighted by Gasteiger charge is -2.21. The fraction of sp³-hybridized carbons (Fsp3) is 0.286. The fourth-order valence-corrected chi connectivity index (χ4v) is 2.44. The summed E-state index contributed by atoms with van der Waals surface area (Å²) in [5, 5.41) is 2.69. The Bertz CT molecular complexity index is 880. The molecule has 2 rings (SSSR count). The smallest absolute Gasteiger partial charge is 0.339 e. The number of anilines is 1. The van der Waals surface area contributed by atoms with Crippen LogP contribution in [0.25, 0.3) is 0 Å². The average molecular weight is 386 g/mol. The molecule has 0 aliphatic carbocycles. The van der Waals surface area contributed by atoms with Crippen LogP contribution in [0, 0.1) is 19.7 Å². The first-order chi connectivity index (χ1) is 13.2. The van der Waals surface area contributed by atoms with Crippen LogP contribution in [0.4, 0.5) is 10.1 Å². The van der Waals surface area contributed by atoms with E-state index in [2.05, 4.69) is 5.32 Å². The molecule has 148 valence electrons. The van der Waals surface area contributed by atoms with Gasteiger partial charge in [-0.05, 0) is 50.6 Å². The predicted molar refractivity (Wildman–Crippen MR) is 103 cm³/mol. The Morgan fingerprint density at radius 3 is 2.36 bits per heavy atom. The molecule has 0 fully saturated rings. The lowest BCUT2D eigenvalue weighted by molar-refractivity contribution is -0.140. The minimum atomic E-state index is -1.12. The van der Waals surface area contributed by atoms with Gasteiger partial charge in [-0.25, -0.2) is 9.18 Å². The number of rotatable bonds is 6. The zero-order valence-electron chi connectivity index (χ0n) is 16.3. The molecule has 0 unspecified atom stereocenters. The molecule has 0 spiro atoms. The number of amides is 2. The number of carbonyl (C=O) groups is 3. The molecule has 1 atom stereocenters. The van der Waals surface area contributed by atoms with Crippen molar-refractivity contribution in [2.24, 2.45) is 0 Å². The standard InChI is InChI=1S/C21H23FN2O4/c1-13-5-9-17(10-6-13)23-19(25)12-24(4)20(26)15(3)28-21(27)16-8-7-14(2)18(22)11-16/h5-11,15H,12H2,1-4H3,(H,23,25)/t15-/m0/s1. The molecule has 0 bridgehead atoms. The van der Waals surface area contributed by atoms with E-state index in [-0.39, 0.29) is 18.0 Å². The summed E-state index contributed by atoms with van der Waals surface area (Å²) in [6.07, 6.45) is -1.12. The van der Waals surface area contributed by atoms with Crippen LogP contribution in [0.2, 0.25) is 0 Å². The number of esters is 1. The highest BCUT2D eigenvalue weighted by atomic mass is 19.1. The third-order valence-electron chi connectivity index (χ3n) is 4.13. The van der Waals surface area contributed by atoms with Gasteiger partial charge in [0.2, 0.25) is 5.91 Å². The van der Waals surface area contributed by atoms with Crippen molar-refractivity contribution in [1.29, 1.82) is 0 Å². The Morgan fingerprint density at radius 2 is 1.75 bits per heavy atom. The van der Waals surface area contributed by atoms with Crippen molar-refractivity contribution in [1.82, 2.24) is 4.90 Å². The largest absolute Gasteiger partial charge is 0.449 e. The normalized spacial score (nSPS) is 11.5. The van der Waals surface area contributed by atoms with E-state index in [0.717, 1.165) is 16.5 Å². The Morgan fingerprint density at radius 1 is 1.11 bits per heavy atom. The van der Waals surface area contributed by atoms with E-state index in [1.54, 1.807) is 19.1 Å². The SMILES string of the molecule is Cc1ccc(NC(=O)CN(C)C(=O)[C@H](C)OC(=O)c2ccc(C)c(F)c2)cc1. The van der Waals surface area contributed by atoms with Crippen molar-refractivity contribution in [3.63, 3.8) is 0 Å². The third-order valence-corrected chi connectivity index (χ3v) is 4.13. The van der Waals surface area contributed by atoms with E-state index in [1.807, 2.05) is 19.1 Å². The zero-order valence-corrected chi connectivity index (χ0v) is 16.3. The van der Waals surface area contributed by atoms with Crippen LogP contribution in [0.3, 0.4) is 0 Å². The van der Waals surface area contributed by atoms with Gasteiger partial charge in [0.05, 0.1) is 12.1 Å². The lowest BCUT2D eigenvalue weighted by atomic mass is 10.1. The molecule has 0 radical (unpaired) electrons. The van der Waals surface area contributed by atoms with Gasteiger partial charge in [0.1, 0.15) is 5.82 Å². The van der Waals surface area contributed by atoms with Crippen LogP contribution in [0.1, 0.15) is 28.4 Å². The zero-order chi connectivity index (χ0) is 20.8. The third kappa shape index (κ3) is 5.64. The number of likely N-dealkylation sites (N-methyl/N-ethyl adjacent to an activating group) is 1. The fourth-order valence-electron chi connectivity index (χ4n) is 2.44. The molecule has 6 nitrogen and oxygen atoms in total.